The van der Waals surface area contributed by atoms with Crippen molar-refractivity contribution in [2.75, 3.05) is 13.2 Å². The van der Waals surface area contributed by atoms with Crippen molar-refractivity contribution in [2.24, 2.45) is 0 Å². The predicted octanol–water partition coefficient (Wildman–Crippen LogP) is 1.79. The monoisotopic (exact) mass is 418 g/mol. The highest BCUT2D eigenvalue weighted by Gasteiger charge is 2.21. The van der Waals surface area contributed by atoms with Crippen molar-refractivity contribution in [1.82, 2.24) is 0 Å². The lowest BCUT2D eigenvalue weighted by molar-refractivity contribution is -0.116. The molecule has 162 valence electrons. The molecule has 0 bridgehead atoms. The number of ketones is 2. The molecule has 2 unspecified atom stereocenters. The Morgan fingerprint density at radius 1 is 0.800 bits per heavy atom. The van der Waals surface area contributed by atoms with Gasteiger partial charge in [-0.3, -0.25) is 9.59 Å². The zero-order valence-corrected chi connectivity index (χ0v) is 16.6. The molecular formula is C22H26O8. The molecule has 0 fully saturated rings. The molecule has 1 aromatic carbocycles. The fourth-order valence-electron chi connectivity index (χ4n) is 2.33. The van der Waals surface area contributed by atoms with Crippen LogP contribution in [0.2, 0.25) is 0 Å². The molecular weight excluding hydrogens is 392 g/mol. The number of aliphatic hydroxyl groups is 2. The summed E-state index contributed by atoms with van der Waals surface area (Å²) in [7, 11) is 0. The molecule has 0 radical (unpaired) electrons. The first-order valence-electron chi connectivity index (χ1n) is 9.38. The molecule has 0 aliphatic carbocycles. The third-order valence-corrected chi connectivity index (χ3v) is 4.08. The van der Waals surface area contributed by atoms with E-state index in [9.17, 15) is 29.4 Å². The molecule has 2 N–H and O–H groups in total. The molecule has 0 spiro atoms. The van der Waals surface area contributed by atoms with E-state index in [1.165, 1.54) is 24.3 Å². The topological polar surface area (TPSA) is 127 Å². The summed E-state index contributed by atoms with van der Waals surface area (Å²) in [6.07, 6.45) is 0.583. The van der Waals surface area contributed by atoms with E-state index in [4.69, 9.17) is 9.47 Å². The highest BCUT2D eigenvalue weighted by atomic mass is 16.5. The van der Waals surface area contributed by atoms with Gasteiger partial charge in [0, 0.05) is 12.8 Å². The van der Waals surface area contributed by atoms with Crippen LogP contribution in [0.25, 0.3) is 0 Å². The SMILES string of the molecule is C=CC(=O)CCC(O)COC(=O)c1ccccc1C(=O)OCC(O)CCC(=O)C=C. The molecule has 0 saturated heterocycles. The summed E-state index contributed by atoms with van der Waals surface area (Å²) >= 11 is 0. The average Bonchev–Trinajstić information content (AvgIpc) is 2.77. The lowest BCUT2D eigenvalue weighted by Gasteiger charge is -2.13. The van der Waals surface area contributed by atoms with Crippen LogP contribution in [-0.4, -0.2) is 59.1 Å². The Balaban J connectivity index is 2.61. The van der Waals surface area contributed by atoms with Gasteiger partial charge in [0.15, 0.2) is 11.6 Å². The van der Waals surface area contributed by atoms with Crippen molar-refractivity contribution >= 4 is 23.5 Å². The van der Waals surface area contributed by atoms with Crippen molar-refractivity contribution in [3.05, 3.63) is 60.7 Å². The Hall–Kier alpha value is -3.10. The summed E-state index contributed by atoms with van der Waals surface area (Å²) in [5.41, 5.74) is -0.124. The van der Waals surface area contributed by atoms with Crippen LogP contribution in [0.3, 0.4) is 0 Å². The second-order valence-electron chi connectivity index (χ2n) is 6.47. The third-order valence-electron chi connectivity index (χ3n) is 4.08. The highest BCUT2D eigenvalue weighted by Crippen LogP contribution is 2.13. The fourth-order valence-corrected chi connectivity index (χ4v) is 2.33. The molecule has 0 aromatic heterocycles. The molecule has 1 rings (SSSR count). The number of esters is 2. The lowest BCUT2D eigenvalue weighted by Crippen LogP contribution is -2.23. The van der Waals surface area contributed by atoms with E-state index < -0.39 is 24.1 Å². The molecule has 8 heteroatoms. The largest absolute Gasteiger partial charge is 0.459 e. The smallest absolute Gasteiger partial charge is 0.339 e. The van der Waals surface area contributed by atoms with Gasteiger partial charge >= 0.3 is 11.9 Å². The highest BCUT2D eigenvalue weighted by molar-refractivity contribution is 6.03. The molecule has 0 heterocycles. The van der Waals surface area contributed by atoms with Gasteiger partial charge in [0.2, 0.25) is 0 Å². The van der Waals surface area contributed by atoms with E-state index in [0.717, 1.165) is 12.2 Å². The molecule has 1 aromatic rings. The summed E-state index contributed by atoms with van der Waals surface area (Å²) in [5, 5.41) is 19.6. The molecule has 0 aliphatic rings. The van der Waals surface area contributed by atoms with Gasteiger partial charge in [-0.25, -0.2) is 9.59 Å². The first kappa shape index (κ1) is 24.9. The average molecular weight is 418 g/mol. The van der Waals surface area contributed by atoms with Crippen molar-refractivity contribution < 1.29 is 38.9 Å². The minimum absolute atomic E-state index is 0.0619. The normalized spacial score (nSPS) is 12.3. The van der Waals surface area contributed by atoms with Gasteiger partial charge in [-0.15, -0.1) is 0 Å². The molecule has 0 aliphatic heterocycles. The Labute approximate surface area is 174 Å². The van der Waals surface area contributed by atoms with E-state index in [1.54, 1.807) is 0 Å². The van der Waals surface area contributed by atoms with Crippen molar-refractivity contribution in [1.29, 1.82) is 0 Å². The van der Waals surface area contributed by atoms with Crippen molar-refractivity contribution in [2.45, 2.75) is 37.9 Å². The molecule has 0 amide bonds. The van der Waals surface area contributed by atoms with Crippen molar-refractivity contribution in [3.8, 4) is 0 Å². The molecule has 8 nitrogen and oxygen atoms in total. The third kappa shape index (κ3) is 8.93. The quantitative estimate of drug-likeness (QED) is 0.346. The maximum Gasteiger partial charge on any atom is 0.339 e. The van der Waals surface area contributed by atoms with Gasteiger partial charge in [0.05, 0.1) is 23.3 Å². The molecule has 2 atom stereocenters. The van der Waals surface area contributed by atoms with Gasteiger partial charge < -0.3 is 19.7 Å². The number of allylic oxidation sites excluding steroid dienone is 2. The van der Waals surface area contributed by atoms with Gasteiger partial charge in [0.25, 0.3) is 0 Å². The van der Waals surface area contributed by atoms with Crippen LogP contribution < -0.4 is 0 Å². The van der Waals surface area contributed by atoms with E-state index in [0.29, 0.717) is 0 Å². The number of benzene rings is 1. The van der Waals surface area contributed by atoms with E-state index in [1.807, 2.05) is 0 Å². The predicted molar refractivity (Wildman–Crippen MR) is 108 cm³/mol. The second kappa shape index (κ2) is 13.2. The molecule has 30 heavy (non-hydrogen) atoms. The maximum absolute atomic E-state index is 12.3. The number of carbonyl (C=O) groups excluding carboxylic acids is 4. The summed E-state index contributed by atoms with van der Waals surface area (Å²) < 4.78 is 10.0. The van der Waals surface area contributed by atoms with Gasteiger partial charge in [-0.05, 0) is 37.1 Å². The summed E-state index contributed by atoms with van der Waals surface area (Å²) in [5.74, 6) is -2.14. The Kier molecular flexibility index (Phi) is 11.0. The first-order valence-corrected chi connectivity index (χ1v) is 9.38. The van der Waals surface area contributed by atoms with Crippen LogP contribution in [0.4, 0.5) is 0 Å². The number of hydrogen-bond acceptors (Lipinski definition) is 8. The Morgan fingerprint density at radius 3 is 1.50 bits per heavy atom. The fraction of sp³-hybridized carbons (Fsp3) is 0.364. The Bertz CT molecular complexity index is 718. The van der Waals surface area contributed by atoms with Crippen LogP contribution in [0, 0.1) is 0 Å². The zero-order chi connectivity index (χ0) is 22.5. The summed E-state index contributed by atoms with van der Waals surface area (Å²) in [6, 6.07) is 5.79. The standard InChI is InChI=1S/C22H26O8/c1-3-15(23)9-11-17(25)13-29-21(27)19-7-5-6-8-20(19)22(28)30-14-18(26)12-10-16(24)4-2/h3-8,17-18,25-26H,1-2,9-14H2. The second-order valence-corrected chi connectivity index (χ2v) is 6.47. The van der Waals surface area contributed by atoms with Crippen LogP contribution >= 0.6 is 0 Å². The minimum atomic E-state index is -1.04. The zero-order valence-electron chi connectivity index (χ0n) is 16.6. The number of rotatable bonds is 14. The van der Waals surface area contributed by atoms with Gasteiger partial charge in [-0.1, -0.05) is 25.3 Å². The van der Waals surface area contributed by atoms with E-state index >= 15 is 0 Å². The lowest BCUT2D eigenvalue weighted by atomic mass is 10.1. The van der Waals surface area contributed by atoms with E-state index in [2.05, 4.69) is 13.2 Å². The van der Waals surface area contributed by atoms with Gasteiger partial charge in [0.1, 0.15) is 13.2 Å². The first-order chi connectivity index (χ1) is 14.3. The van der Waals surface area contributed by atoms with Crippen molar-refractivity contribution in [3.63, 3.8) is 0 Å². The molecule has 0 saturated carbocycles. The van der Waals surface area contributed by atoms with Crippen LogP contribution in [-0.2, 0) is 19.1 Å². The number of aliphatic hydroxyl groups excluding tert-OH is 2. The van der Waals surface area contributed by atoms with Crippen LogP contribution in [0.15, 0.2) is 49.6 Å². The Morgan fingerprint density at radius 2 is 1.17 bits per heavy atom. The number of hydrogen-bond donors (Lipinski definition) is 2. The summed E-state index contributed by atoms with van der Waals surface area (Å²) in [6.45, 7) is 5.97. The van der Waals surface area contributed by atoms with E-state index in [-0.39, 0.29) is 61.6 Å². The maximum atomic E-state index is 12.3. The van der Waals surface area contributed by atoms with Gasteiger partial charge in [-0.2, -0.15) is 0 Å². The summed E-state index contributed by atoms with van der Waals surface area (Å²) in [4.78, 5) is 46.9. The number of ether oxygens (including phenoxy) is 2. The minimum Gasteiger partial charge on any atom is -0.459 e. The van der Waals surface area contributed by atoms with Crippen LogP contribution in [0.5, 0.6) is 0 Å². The van der Waals surface area contributed by atoms with Crippen LogP contribution in [0.1, 0.15) is 46.4 Å². The number of carbonyl (C=O) groups is 4.